The van der Waals surface area contributed by atoms with Gasteiger partial charge in [0.25, 0.3) is 0 Å². The molecule has 24 heavy (non-hydrogen) atoms. The van der Waals surface area contributed by atoms with E-state index < -0.39 is 5.60 Å². The van der Waals surface area contributed by atoms with Crippen LogP contribution in [0.25, 0.3) is 0 Å². The number of nitrogens with zero attached hydrogens (tertiary/aromatic N) is 4. The lowest BCUT2D eigenvalue weighted by Gasteiger charge is -2.30. The van der Waals surface area contributed by atoms with Gasteiger partial charge in [-0.3, -0.25) is 4.68 Å². The average molecular weight is 333 g/mol. The van der Waals surface area contributed by atoms with Crippen LogP contribution in [-0.4, -0.2) is 37.6 Å². The van der Waals surface area contributed by atoms with E-state index in [-0.39, 0.29) is 0 Å². The maximum absolute atomic E-state index is 10.6. The molecule has 0 saturated heterocycles. The third-order valence-electron chi connectivity index (χ3n) is 4.94. The van der Waals surface area contributed by atoms with E-state index in [9.17, 15) is 5.11 Å². The predicted molar refractivity (Wildman–Crippen MR) is 89.5 cm³/mol. The van der Waals surface area contributed by atoms with E-state index in [4.69, 9.17) is 4.52 Å². The molecule has 1 saturated carbocycles. The molecule has 0 spiro atoms. The minimum Gasteiger partial charge on any atom is -0.384 e. The Balaban J connectivity index is 1.48. The number of rotatable bonds is 6. The van der Waals surface area contributed by atoms with Crippen molar-refractivity contribution in [1.82, 2.24) is 25.2 Å². The highest BCUT2D eigenvalue weighted by atomic mass is 16.5. The predicted octanol–water partition coefficient (Wildman–Crippen LogP) is 1.89. The number of hydrogen-bond acceptors (Lipinski definition) is 6. The number of nitrogens with one attached hydrogen (secondary N) is 1. The smallest absolute Gasteiger partial charge is 0.229 e. The van der Waals surface area contributed by atoms with Gasteiger partial charge in [0, 0.05) is 43.7 Å². The maximum atomic E-state index is 10.6. The Morgan fingerprint density at radius 2 is 2.12 bits per heavy atom. The summed E-state index contributed by atoms with van der Waals surface area (Å²) in [5.74, 6) is 1.94. The van der Waals surface area contributed by atoms with Crippen molar-refractivity contribution in [3.8, 4) is 0 Å². The summed E-state index contributed by atoms with van der Waals surface area (Å²) in [7, 11) is 1.86. The van der Waals surface area contributed by atoms with Gasteiger partial charge in [-0.05, 0) is 32.6 Å². The van der Waals surface area contributed by atoms with Crippen molar-refractivity contribution in [2.24, 2.45) is 7.05 Å². The molecular weight excluding hydrogens is 306 g/mol. The molecule has 1 fully saturated rings. The fraction of sp³-hybridized carbons (Fsp3) is 0.706. The zero-order chi connectivity index (χ0) is 17.2. The van der Waals surface area contributed by atoms with E-state index in [1.165, 1.54) is 0 Å². The van der Waals surface area contributed by atoms with Gasteiger partial charge in [0.1, 0.15) is 5.60 Å². The number of aliphatic hydroxyl groups is 1. The summed E-state index contributed by atoms with van der Waals surface area (Å²) >= 11 is 0. The summed E-state index contributed by atoms with van der Waals surface area (Å²) in [6, 6.07) is 0.415. The summed E-state index contributed by atoms with van der Waals surface area (Å²) in [6.07, 6.45) is 8.58. The van der Waals surface area contributed by atoms with Crippen molar-refractivity contribution in [3.63, 3.8) is 0 Å². The van der Waals surface area contributed by atoms with Crippen LogP contribution in [0.3, 0.4) is 0 Å². The van der Waals surface area contributed by atoms with Crippen molar-refractivity contribution >= 4 is 0 Å². The van der Waals surface area contributed by atoms with Crippen LogP contribution in [0, 0.1) is 0 Å². The molecule has 1 aliphatic rings. The molecular formula is C17H27N5O2. The summed E-state index contributed by atoms with van der Waals surface area (Å²) < 4.78 is 7.09. The topological polar surface area (TPSA) is 89.0 Å². The molecule has 132 valence electrons. The average Bonchev–Trinajstić information content (AvgIpc) is 3.23. The van der Waals surface area contributed by atoms with Gasteiger partial charge >= 0.3 is 0 Å². The Morgan fingerprint density at radius 1 is 1.38 bits per heavy atom. The second-order valence-corrected chi connectivity index (χ2v) is 7.01. The molecule has 1 atom stereocenters. The highest BCUT2D eigenvalue weighted by Gasteiger charge is 2.29. The number of aromatic nitrogens is 4. The van der Waals surface area contributed by atoms with Gasteiger partial charge in [-0.2, -0.15) is 10.1 Å². The van der Waals surface area contributed by atoms with Gasteiger partial charge in [0.2, 0.25) is 5.89 Å². The first-order valence-electron chi connectivity index (χ1n) is 8.75. The summed E-state index contributed by atoms with van der Waals surface area (Å²) in [6.45, 7) is 4.38. The van der Waals surface area contributed by atoms with E-state index in [2.05, 4.69) is 20.6 Å². The Labute approximate surface area is 142 Å². The second-order valence-electron chi connectivity index (χ2n) is 7.01. The molecule has 0 aliphatic heterocycles. The maximum Gasteiger partial charge on any atom is 0.229 e. The summed E-state index contributed by atoms with van der Waals surface area (Å²) in [5, 5.41) is 22.3. The largest absolute Gasteiger partial charge is 0.384 e. The minimum absolute atomic E-state index is 0.370. The van der Waals surface area contributed by atoms with E-state index in [1.54, 1.807) is 10.9 Å². The molecule has 2 aromatic rings. The van der Waals surface area contributed by atoms with Crippen molar-refractivity contribution in [3.05, 3.63) is 29.7 Å². The van der Waals surface area contributed by atoms with E-state index >= 15 is 0 Å². The van der Waals surface area contributed by atoms with Crippen LogP contribution < -0.4 is 5.32 Å². The Kier molecular flexibility index (Phi) is 5.01. The number of aryl methyl sites for hydroxylation is 2. The van der Waals surface area contributed by atoms with Gasteiger partial charge in [-0.25, -0.2) is 0 Å². The normalized spacial score (nSPS) is 24.0. The molecule has 7 heteroatoms. The van der Waals surface area contributed by atoms with Crippen LogP contribution in [0.1, 0.15) is 62.7 Å². The van der Waals surface area contributed by atoms with Gasteiger partial charge < -0.3 is 14.9 Å². The van der Waals surface area contributed by atoms with Crippen LogP contribution in [0.4, 0.5) is 0 Å². The lowest BCUT2D eigenvalue weighted by Crippen LogP contribution is -2.42. The van der Waals surface area contributed by atoms with Crippen LogP contribution in [0.5, 0.6) is 0 Å². The minimum atomic E-state index is -0.909. The van der Waals surface area contributed by atoms with Crippen molar-refractivity contribution < 1.29 is 9.63 Å². The molecule has 1 aliphatic carbocycles. The molecule has 0 aromatic carbocycles. The Morgan fingerprint density at radius 3 is 2.71 bits per heavy atom. The molecule has 2 heterocycles. The fourth-order valence-electron chi connectivity index (χ4n) is 3.27. The second kappa shape index (κ2) is 7.03. The van der Waals surface area contributed by atoms with Gasteiger partial charge in [-0.15, -0.1) is 0 Å². The molecule has 2 N–H and O–H groups in total. The summed E-state index contributed by atoms with van der Waals surface area (Å²) in [5.41, 5.74) is -0.0719. The monoisotopic (exact) mass is 333 g/mol. The Hall–Kier alpha value is -1.73. The highest BCUT2D eigenvalue weighted by molar-refractivity contribution is 5.14. The zero-order valence-electron chi connectivity index (χ0n) is 14.7. The van der Waals surface area contributed by atoms with E-state index in [0.29, 0.717) is 18.5 Å². The molecule has 0 unspecified atom stereocenters. The molecule has 7 nitrogen and oxygen atoms in total. The van der Waals surface area contributed by atoms with Crippen LogP contribution >= 0.6 is 0 Å². The fourth-order valence-corrected chi connectivity index (χ4v) is 3.27. The van der Waals surface area contributed by atoms with Crippen LogP contribution in [-0.2, 0) is 19.1 Å². The quantitative estimate of drug-likeness (QED) is 0.839. The standard InChI is InChI=1S/C17H27N5O2/c1-4-15-20-16(24-21-15)12-5-7-14(8-6-12)18-11-17(2,23)13-9-19-22(3)10-13/h9-10,12,14,18,23H,4-8,11H2,1-3H3/t12?,14?,17-/m0/s1. The Bertz CT molecular complexity index is 655. The first-order valence-corrected chi connectivity index (χ1v) is 8.75. The van der Waals surface area contributed by atoms with Crippen LogP contribution in [0.2, 0.25) is 0 Å². The first kappa shape index (κ1) is 17.1. The molecule has 0 radical (unpaired) electrons. The van der Waals surface area contributed by atoms with Crippen LogP contribution in [0.15, 0.2) is 16.9 Å². The van der Waals surface area contributed by atoms with Gasteiger partial charge in [-0.1, -0.05) is 12.1 Å². The van der Waals surface area contributed by atoms with Gasteiger partial charge in [0.15, 0.2) is 5.82 Å². The van der Waals surface area contributed by atoms with E-state index in [0.717, 1.165) is 49.4 Å². The lowest BCUT2D eigenvalue weighted by molar-refractivity contribution is 0.0517. The third kappa shape index (κ3) is 3.84. The zero-order valence-corrected chi connectivity index (χ0v) is 14.7. The molecule has 0 bridgehead atoms. The molecule has 0 amide bonds. The van der Waals surface area contributed by atoms with Crippen molar-refractivity contribution in [1.29, 1.82) is 0 Å². The first-order chi connectivity index (χ1) is 11.5. The number of hydrogen-bond donors (Lipinski definition) is 2. The van der Waals surface area contributed by atoms with E-state index in [1.807, 2.05) is 27.1 Å². The third-order valence-corrected chi connectivity index (χ3v) is 4.94. The SMILES string of the molecule is CCc1noc(C2CCC(NC[C@](C)(O)c3cnn(C)c3)CC2)n1. The van der Waals surface area contributed by atoms with Crippen molar-refractivity contribution in [2.45, 2.75) is 63.5 Å². The van der Waals surface area contributed by atoms with Crippen molar-refractivity contribution in [2.75, 3.05) is 6.54 Å². The molecule has 2 aromatic heterocycles. The van der Waals surface area contributed by atoms with Gasteiger partial charge in [0.05, 0.1) is 6.20 Å². The lowest BCUT2D eigenvalue weighted by atomic mass is 9.85. The highest BCUT2D eigenvalue weighted by Crippen LogP contribution is 2.32. The molecule has 3 rings (SSSR count). The summed E-state index contributed by atoms with van der Waals surface area (Å²) in [4.78, 5) is 4.46.